The largest absolute Gasteiger partial charge is 0.484 e. The van der Waals surface area contributed by atoms with E-state index in [9.17, 15) is 4.79 Å². The molecule has 6 heteroatoms. The van der Waals surface area contributed by atoms with Crippen molar-refractivity contribution in [1.82, 2.24) is 5.43 Å². The van der Waals surface area contributed by atoms with Crippen molar-refractivity contribution in [2.45, 2.75) is 6.92 Å². The van der Waals surface area contributed by atoms with Crippen LogP contribution in [0.2, 0.25) is 10.0 Å². The highest BCUT2D eigenvalue weighted by Crippen LogP contribution is 2.16. The van der Waals surface area contributed by atoms with Crippen molar-refractivity contribution in [3.8, 4) is 5.75 Å². The third kappa shape index (κ3) is 4.76. The zero-order valence-electron chi connectivity index (χ0n) is 11.8. The predicted molar refractivity (Wildman–Crippen MR) is 88.8 cm³/mol. The molecule has 0 fully saturated rings. The number of halogens is 2. The number of rotatable bonds is 5. The number of carbonyl (C=O) groups is 1. The maximum atomic E-state index is 11.7. The van der Waals surface area contributed by atoms with Crippen LogP contribution in [-0.2, 0) is 4.79 Å². The summed E-state index contributed by atoms with van der Waals surface area (Å²) >= 11 is 11.8. The number of hydrazone groups is 1. The van der Waals surface area contributed by atoms with E-state index in [1.165, 1.54) is 0 Å². The lowest BCUT2D eigenvalue weighted by molar-refractivity contribution is -0.123. The van der Waals surface area contributed by atoms with Gasteiger partial charge in [0.15, 0.2) is 6.61 Å². The topological polar surface area (TPSA) is 50.7 Å². The Balaban J connectivity index is 1.88. The van der Waals surface area contributed by atoms with Gasteiger partial charge in [-0.2, -0.15) is 5.10 Å². The molecular weight excluding hydrogens is 323 g/mol. The molecular formula is C16H14Cl2N2O2. The van der Waals surface area contributed by atoms with Gasteiger partial charge in [-0.15, -0.1) is 0 Å². The standard InChI is InChI=1S/C16H14Cl2N2O2/c1-11(14-4-2-3-5-15(14)18)19-20-16(21)10-22-13-8-6-12(17)7-9-13/h2-9H,10H2,1H3,(H,20,21). The molecule has 1 N–H and O–H groups in total. The van der Waals surface area contributed by atoms with Crippen molar-refractivity contribution in [3.63, 3.8) is 0 Å². The van der Waals surface area contributed by atoms with Crippen molar-refractivity contribution in [1.29, 1.82) is 0 Å². The summed E-state index contributed by atoms with van der Waals surface area (Å²) in [7, 11) is 0. The van der Waals surface area contributed by atoms with E-state index in [0.717, 1.165) is 5.56 Å². The first-order chi connectivity index (χ1) is 10.6. The fraction of sp³-hybridized carbons (Fsp3) is 0.125. The normalized spacial score (nSPS) is 11.1. The van der Waals surface area contributed by atoms with Crippen LogP contribution in [0, 0.1) is 0 Å². The van der Waals surface area contributed by atoms with Gasteiger partial charge in [-0.1, -0.05) is 41.4 Å². The minimum absolute atomic E-state index is 0.138. The Hall–Kier alpha value is -2.04. The van der Waals surface area contributed by atoms with Gasteiger partial charge in [0.1, 0.15) is 5.75 Å². The molecule has 0 aliphatic rings. The molecule has 0 bridgehead atoms. The Kier molecular flexibility index (Phi) is 5.81. The summed E-state index contributed by atoms with van der Waals surface area (Å²) in [4.78, 5) is 11.7. The van der Waals surface area contributed by atoms with Gasteiger partial charge in [0, 0.05) is 15.6 Å². The van der Waals surface area contributed by atoms with E-state index in [4.69, 9.17) is 27.9 Å². The summed E-state index contributed by atoms with van der Waals surface area (Å²) in [5, 5.41) is 5.20. The maximum absolute atomic E-state index is 11.7. The van der Waals surface area contributed by atoms with E-state index in [-0.39, 0.29) is 12.5 Å². The van der Waals surface area contributed by atoms with E-state index < -0.39 is 0 Å². The average Bonchev–Trinajstić information content (AvgIpc) is 2.52. The van der Waals surface area contributed by atoms with Crippen LogP contribution in [0.25, 0.3) is 0 Å². The van der Waals surface area contributed by atoms with Gasteiger partial charge < -0.3 is 4.74 Å². The van der Waals surface area contributed by atoms with Gasteiger partial charge in [-0.3, -0.25) is 4.79 Å². The molecule has 0 spiro atoms. The Labute approximate surface area is 138 Å². The van der Waals surface area contributed by atoms with Crippen molar-refractivity contribution in [2.24, 2.45) is 5.10 Å². The van der Waals surface area contributed by atoms with Gasteiger partial charge >= 0.3 is 0 Å². The molecule has 4 nitrogen and oxygen atoms in total. The number of hydrogen-bond donors (Lipinski definition) is 1. The average molecular weight is 337 g/mol. The summed E-state index contributed by atoms with van der Waals surface area (Å²) < 4.78 is 5.32. The molecule has 2 aromatic carbocycles. The third-order valence-corrected chi connectivity index (χ3v) is 3.38. The zero-order chi connectivity index (χ0) is 15.9. The summed E-state index contributed by atoms with van der Waals surface area (Å²) in [5.41, 5.74) is 3.81. The van der Waals surface area contributed by atoms with Crippen LogP contribution in [0.15, 0.2) is 53.6 Å². The SMILES string of the molecule is CC(=NNC(=O)COc1ccc(Cl)cc1)c1ccccc1Cl. The smallest absolute Gasteiger partial charge is 0.277 e. The number of benzene rings is 2. The first-order valence-electron chi connectivity index (χ1n) is 6.52. The zero-order valence-corrected chi connectivity index (χ0v) is 13.4. The first kappa shape index (κ1) is 16.3. The number of nitrogens with zero attached hydrogens (tertiary/aromatic N) is 1. The molecule has 2 aromatic rings. The van der Waals surface area contributed by atoms with E-state index in [0.29, 0.717) is 21.5 Å². The maximum Gasteiger partial charge on any atom is 0.277 e. The number of carbonyl (C=O) groups excluding carboxylic acids is 1. The molecule has 0 aliphatic carbocycles. The Morgan fingerprint density at radius 3 is 2.50 bits per heavy atom. The lowest BCUT2D eigenvalue weighted by Gasteiger charge is -2.06. The minimum atomic E-state index is -0.360. The molecule has 0 heterocycles. The van der Waals surface area contributed by atoms with Crippen molar-refractivity contribution in [2.75, 3.05) is 6.61 Å². The number of nitrogens with one attached hydrogen (secondary N) is 1. The molecule has 1 amide bonds. The lowest BCUT2D eigenvalue weighted by Crippen LogP contribution is -2.25. The van der Waals surface area contributed by atoms with Crippen molar-refractivity contribution < 1.29 is 9.53 Å². The van der Waals surface area contributed by atoms with Gasteiger partial charge in [0.25, 0.3) is 5.91 Å². The van der Waals surface area contributed by atoms with Crippen LogP contribution in [0.3, 0.4) is 0 Å². The predicted octanol–water partition coefficient (Wildman–Crippen LogP) is 3.91. The highest BCUT2D eigenvalue weighted by atomic mass is 35.5. The fourth-order valence-corrected chi connectivity index (χ4v) is 2.07. The summed E-state index contributed by atoms with van der Waals surface area (Å²) in [6.07, 6.45) is 0. The summed E-state index contributed by atoms with van der Waals surface area (Å²) in [6.45, 7) is 1.63. The van der Waals surface area contributed by atoms with E-state index in [2.05, 4.69) is 10.5 Å². The second-order valence-electron chi connectivity index (χ2n) is 4.45. The molecule has 0 unspecified atom stereocenters. The van der Waals surface area contributed by atoms with Gasteiger partial charge in [0.2, 0.25) is 0 Å². The second-order valence-corrected chi connectivity index (χ2v) is 5.30. The van der Waals surface area contributed by atoms with Crippen LogP contribution in [0.1, 0.15) is 12.5 Å². The van der Waals surface area contributed by atoms with Crippen LogP contribution in [-0.4, -0.2) is 18.2 Å². The lowest BCUT2D eigenvalue weighted by atomic mass is 10.1. The molecule has 114 valence electrons. The molecule has 0 radical (unpaired) electrons. The van der Waals surface area contributed by atoms with Crippen molar-refractivity contribution >= 4 is 34.8 Å². The molecule has 0 atom stereocenters. The molecule has 22 heavy (non-hydrogen) atoms. The van der Waals surface area contributed by atoms with Gasteiger partial charge in [-0.25, -0.2) is 5.43 Å². The minimum Gasteiger partial charge on any atom is -0.484 e. The van der Waals surface area contributed by atoms with Gasteiger partial charge in [0.05, 0.1) is 5.71 Å². The van der Waals surface area contributed by atoms with Crippen LogP contribution in [0.4, 0.5) is 0 Å². The molecule has 0 aliphatic heterocycles. The summed E-state index contributed by atoms with van der Waals surface area (Å²) in [6, 6.07) is 14.0. The fourth-order valence-electron chi connectivity index (χ4n) is 1.67. The summed E-state index contributed by atoms with van der Waals surface area (Å²) in [5.74, 6) is 0.202. The van der Waals surface area contributed by atoms with Crippen LogP contribution in [0.5, 0.6) is 5.75 Å². The third-order valence-electron chi connectivity index (χ3n) is 2.80. The quantitative estimate of drug-likeness (QED) is 0.664. The van der Waals surface area contributed by atoms with Crippen LogP contribution >= 0.6 is 23.2 Å². The van der Waals surface area contributed by atoms with Crippen molar-refractivity contribution in [3.05, 3.63) is 64.1 Å². The van der Waals surface area contributed by atoms with E-state index in [1.807, 2.05) is 18.2 Å². The Bertz CT molecular complexity index is 685. The first-order valence-corrected chi connectivity index (χ1v) is 7.28. The highest BCUT2D eigenvalue weighted by molar-refractivity contribution is 6.34. The number of amides is 1. The van der Waals surface area contributed by atoms with Crippen LogP contribution < -0.4 is 10.2 Å². The van der Waals surface area contributed by atoms with E-state index in [1.54, 1.807) is 37.3 Å². The van der Waals surface area contributed by atoms with E-state index >= 15 is 0 Å². The molecule has 2 rings (SSSR count). The Morgan fingerprint density at radius 1 is 1.14 bits per heavy atom. The second kappa shape index (κ2) is 7.82. The number of hydrogen-bond acceptors (Lipinski definition) is 3. The molecule has 0 aromatic heterocycles. The Morgan fingerprint density at radius 2 is 1.82 bits per heavy atom. The van der Waals surface area contributed by atoms with Gasteiger partial charge in [-0.05, 0) is 37.3 Å². The molecule has 0 saturated heterocycles. The highest BCUT2D eigenvalue weighted by Gasteiger charge is 2.05. The monoisotopic (exact) mass is 336 g/mol. The molecule has 0 saturated carbocycles. The number of ether oxygens (including phenoxy) is 1.